The molecule has 1 aromatic heterocycles. The third kappa shape index (κ3) is 4.33. The molecule has 2 aliphatic heterocycles. The van der Waals surface area contributed by atoms with E-state index in [-0.39, 0.29) is 17.9 Å². The molecule has 29 heavy (non-hydrogen) atoms. The monoisotopic (exact) mass is 423 g/mol. The van der Waals surface area contributed by atoms with E-state index in [1.807, 2.05) is 7.05 Å². The number of alkyl halides is 3. The van der Waals surface area contributed by atoms with Crippen molar-refractivity contribution in [2.24, 2.45) is 5.92 Å². The zero-order valence-corrected chi connectivity index (χ0v) is 17.1. The Bertz CT molecular complexity index is 859. The number of nitrogens with zero attached hydrogens (tertiary/aromatic N) is 3. The normalized spacial score (nSPS) is 23.7. The molecule has 4 nitrogen and oxygen atoms in total. The lowest BCUT2D eigenvalue weighted by atomic mass is 10.0. The highest BCUT2D eigenvalue weighted by Crippen LogP contribution is 2.40. The molecular weight excluding hydrogens is 399 g/mol. The van der Waals surface area contributed by atoms with E-state index in [0.717, 1.165) is 43.1 Å². The van der Waals surface area contributed by atoms with Crippen LogP contribution in [0, 0.1) is 5.92 Å². The number of aromatic nitrogens is 1. The SMILES string of the molecule is CN1C(=O)C(CN2CCCCC2)CC1c1cnc(-c2ccc(C(F)(F)F)cc2)s1. The third-order valence-electron chi connectivity index (χ3n) is 5.91. The van der Waals surface area contributed by atoms with E-state index >= 15 is 0 Å². The van der Waals surface area contributed by atoms with Crippen LogP contribution < -0.4 is 0 Å². The van der Waals surface area contributed by atoms with Gasteiger partial charge in [0.05, 0.1) is 17.5 Å². The summed E-state index contributed by atoms with van der Waals surface area (Å²) in [5.41, 5.74) is -0.00852. The second-order valence-corrected chi connectivity index (χ2v) is 8.96. The molecule has 0 bridgehead atoms. The fourth-order valence-electron chi connectivity index (χ4n) is 4.26. The summed E-state index contributed by atoms with van der Waals surface area (Å²) in [5, 5.41) is 0.675. The quantitative estimate of drug-likeness (QED) is 0.707. The number of carbonyl (C=O) groups is 1. The standard InChI is InChI=1S/C21H24F3N3OS/c1-26-17(11-15(20(26)28)13-27-9-3-2-4-10-27)18-12-25-19(29-18)14-5-7-16(8-6-14)21(22,23)24/h5-8,12,15,17H,2-4,9-11,13H2,1H3. The molecule has 0 spiro atoms. The van der Waals surface area contributed by atoms with Gasteiger partial charge < -0.3 is 9.80 Å². The smallest absolute Gasteiger partial charge is 0.338 e. The lowest BCUT2D eigenvalue weighted by Gasteiger charge is -2.28. The third-order valence-corrected chi connectivity index (χ3v) is 7.06. The highest BCUT2D eigenvalue weighted by molar-refractivity contribution is 7.15. The van der Waals surface area contributed by atoms with Crippen molar-refractivity contribution in [2.75, 3.05) is 26.7 Å². The number of carbonyl (C=O) groups excluding carboxylic acids is 1. The van der Waals surface area contributed by atoms with Crippen molar-refractivity contribution in [3.05, 3.63) is 40.9 Å². The summed E-state index contributed by atoms with van der Waals surface area (Å²) >= 11 is 1.45. The van der Waals surface area contributed by atoms with Crippen LogP contribution in [0.25, 0.3) is 10.6 Å². The van der Waals surface area contributed by atoms with Gasteiger partial charge in [-0.2, -0.15) is 13.2 Å². The Morgan fingerprint density at radius 2 is 1.83 bits per heavy atom. The lowest BCUT2D eigenvalue weighted by molar-refractivity contribution is -0.137. The van der Waals surface area contributed by atoms with Gasteiger partial charge in [-0.1, -0.05) is 18.6 Å². The molecule has 2 aromatic rings. The molecule has 0 saturated carbocycles. The molecule has 1 aromatic carbocycles. The number of benzene rings is 1. The van der Waals surface area contributed by atoms with Crippen LogP contribution in [0.4, 0.5) is 13.2 Å². The second-order valence-electron chi connectivity index (χ2n) is 7.90. The van der Waals surface area contributed by atoms with Gasteiger partial charge in [-0.3, -0.25) is 4.79 Å². The van der Waals surface area contributed by atoms with Crippen LogP contribution in [-0.2, 0) is 11.0 Å². The molecule has 0 aliphatic carbocycles. The summed E-state index contributed by atoms with van der Waals surface area (Å²) in [4.78, 5) is 22.3. The Morgan fingerprint density at radius 1 is 1.14 bits per heavy atom. The minimum atomic E-state index is -4.34. The van der Waals surface area contributed by atoms with E-state index < -0.39 is 11.7 Å². The molecule has 8 heteroatoms. The fourth-order valence-corrected chi connectivity index (χ4v) is 5.34. The average Bonchev–Trinajstić information content (AvgIpc) is 3.29. The Kier molecular flexibility index (Phi) is 5.66. The number of likely N-dealkylation sites (tertiary alicyclic amines) is 2. The zero-order valence-electron chi connectivity index (χ0n) is 16.3. The van der Waals surface area contributed by atoms with Gasteiger partial charge >= 0.3 is 6.18 Å². The molecule has 2 unspecified atom stereocenters. The second kappa shape index (κ2) is 8.07. The Morgan fingerprint density at radius 3 is 2.48 bits per heavy atom. The van der Waals surface area contributed by atoms with Gasteiger partial charge in [-0.25, -0.2) is 4.98 Å². The van der Waals surface area contributed by atoms with Crippen molar-refractivity contribution in [2.45, 2.75) is 37.9 Å². The molecule has 1 amide bonds. The zero-order chi connectivity index (χ0) is 20.6. The lowest BCUT2D eigenvalue weighted by Crippen LogP contribution is -2.36. The van der Waals surface area contributed by atoms with Crippen LogP contribution in [0.1, 0.15) is 42.2 Å². The van der Waals surface area contributed by atoms with Gasteiger partial charge in [0.2, 0.25) is 5.91 Å². The van der Waals surface area contributed by atoms with Crippen LogP contribution in [0.15, 0.2) is 30.5 Å². The minimum absolute atomic E-state index is 0.000260. The highest BCUT2D eigenvalue weighted by atomic mass is 32.1. The average molecular weight is 424 g/mol. The molecule has 3 heterocycles. The van der Waals surface area contributed by atoms with Crippen molar-refractivity contribution < 1.29 is 18.0 Å². The summed E-state index contributed by atoms with van der Waals surface area (Å²) in [6.45, 7) is 2.94. The van der Waals surface area contributed by atoms with Crippen LogP contribution in [0.3, 0.4) is 0 Å². The molecule has 2 saturated heterocycles. The van der Waals surface area contributed by atoms with E-state index in [2.05, 4.69) is 9.88 Å². The number of hydrogen-bond donors (Lipinski definition) is 0. The van der Waals surface area contributed by atoms with Gasteiger partial charge in [0.1, 0.15) is 5.01 Å². The van der Waals surface area contributed by atoms with E-state index in [1.165, 1.54) is 42.7 Å². The first-order valence-electron chi connectivity index (χ1n) is 9.95. The predicted octanol–water partition coefficient (Wildman–Crippen LogP) is 4.83. The molecular formula is C21H24F3N3OS. The number of piperidine rings is 1. The van der Waals surface area contributed by atoms with Gasteiger partial charge in [0, 0.05) is 30.2 Å². The van der Waals surface area contributed by atoms with Gasteiger partial charge in [0.15, 0.2) is 0 Å². The number of thiazole rings is 1. The van der Waals surface area contributed by atoms with Gasteiger partial charge in [0.25, 0.3) is 0 Å². The van der Waals surface area contributed by atoms with Crippen molar-refractivity contribution in [3.63, 3.8) is 0 Å². The summed E-state index contributed by atoms with van der Waals surface area (Å²) in [6.07, 6.45) is 1.85. The fraction of sp³-hybridized carbons (Fsp3) is 0.524. The van der Waals surface area contributed by atoms with E-state index in [1.54, 1.807) is 11.1 Å². The number of amides is 1. The first-order valence-corrected chi connectivity index (χ1v) is 10.8. The van der Waals surface area contributed by atoms with Crippen molar-refractivity contribution in [1.29, 1.82) is 0 Å². The van der Waals surface area contributed by atoms with Crippen molar-refractivity contribution >= 4 is 17.2 Å². The first-order chi connectivity index (χ1) is 13.8. The van der Waals surface area contributed by atoms with E-state index in [9.17, 15) is 18.0 Å². The van der Waals surface area contributed by atoms with Crippen molar-refractivity contribution in [3.8, 4) is 10.6 Å². The topological polar surface area (TPSA) is 36.4 Å². The molecule has 156 valence electrons. The number of halogens is 3. The summed E-state index contributed by atoms with van der Waals surface area (Å²) in [5.74, 6) is 0.171. The van der Waals surface area contributed by atoms with Crippen LogP contribution >= 0.6 is 11.3 Å². The minimum Gasteiger partial charge on any atom is -0.338 e. The Balaban J connectivity index is 1.46. The summed E-state index contributed by atoms with van der Waals surface area (Å²) in [7, 11) is 1.83. The molecule has 0 radical (unpaired) electrons. The molecule has 2 fully saturated rings. The molecule has 2 aliphatic rings. The number of rotatable bonds is 4. The summed E-state index contributed by atoms with van der Waals surface area (Å²) < 4.78 is 38.3. The molecule has 0 N–H and O–H groups in total. The highest BCUT2D eigenvalue weighted by Gasteiger charge is 2.39. The molecule has 2 atom stereocenters. The van der Waals surface area contributed by atoms with Crippen LogP contribution in [-0.4, -0.2) is 47.4 Å². The maximum atomic E-state index is 12.8. The summed E-state index contributed by atoms with van der Waals surface area (Å²) in [6, 6.07) is 5.05. The predicted molar refractivity (Wildman–Crippen MR) is 106 cm³/mol. The van der Waals surface area contributed by atoms with E-state index in [4.69, 9.17) is 0 Å². The van der Waals surface area contributed by atoms with Crippen molar-refractivity contribution in [1.82, 2.24) is 14.8 Å². The number of hydrogen-bond acceptors (Lipinski definition) is 4. The van der Waals surface area contributed by atoms with Gasteiger partial charge in [-0.15, -0.1) is 11.3 Å². The maximum Gasteiger partial charge on any atom is 0.416 e. The molecule has 4 rings (SSSR count). The first kappa shape index (κ1) is 20.3. The van der Waals surface area contributed by atoms with Crippen LogP contribution in [0.5, 0.6) is 0 Å². The Labute approximate surface area is 172 Å². The van der Waals surface area contributed by atoms with Crippen LogP contribution in [0.2, 0.25) is 0 Å². The maximum absolute atomic E-state index is 12.8. The largest absolute Gasteiger partial charge is 0.416 e. The van der Waals surface area contributed by atoms with Gasteiger partial charge in [-0.05, 0) is 44.5 Å². The van der Waals surface area contributed by atoms with E-state index in [0.29, 0.717) is 10.6 Å². The Hall–Kier alpha value is -1.93.